The molecule has 2 saturated heterocycles. The van der Waals surface area contributed by atoms with Gasteiger partial charge in [-0.3, -0.25) is 28.4 Å². The third-order valence-electron chi connectivity index (χ3n) is 12.1. The highest BCUT2D eigenvalue weighted by Crippen LogP contribution is 2.25. The highest BCUT2D eigenvalue weighted by Gasteiger charge is 2.22. The van der Waals surface area contributed by atoms with Gasteiger partial charge in [-0.2, -0.15) is 10.2 Å². The molecule has 0 saturated carbocycles. The molecule has 16 heteroatoms. The number of aryl methyl sites for hydroxylation is 4. The number of likely N-dealkylation sites (N-methyl/N-ethyl adjacent to an activating group) is 1. The predicted molar refractivity (Wildman–Crippen MR) is 239 cm³/mol. The van der Waals surface area contributed by atoms with Crippen LogP contribution in [0.4, 0.5) is 11.4 Å². The first-order valence-corrected chi connectivity index (χ1v) is 21.0. The largest absolute Gasteiger partial charge is 0.370 e. The summed E-state index contributed by atoms with van der Waals surface area (Å²) in [6, 6.07) is 15.6. The Hall–Kier alpha value is -6.52. The fourth-order valence-electron chi connectivity index (χ4n) is 8.61. The van der Waals surface area contributed by atoms with E-state index in [1.54, 1.807) is 30.0 Å². The van der Waals surface area contributed by atoms with E-state index in [0.717, 1.165) is 104 Å². The molecule has 0 N–H and O–H groups in total. The minimum Gasteiger partial charge on any atom is -0.370 e. The topological polar surface area (TPSA) is 142 Å². The maximum Gasteiger partial charge on any atom is 0.258 e. The molecule has 314 valence electrons. The van der Waals surface area contributed by atoms with Crippen molar-refractivity contribution in [2.24, 2.45) is 0 Å². The van der Waals surface area contributed by atoms with E-state index in [1.807, 2.05) is 82.8 Å². The number of hydrogen-bond acceptors (Lipinski definition) is 12. The number of pyridine rings is 2. The summed E-state index contributed by atoms with van der Waals surface area (Å²) in [4.78, 5) is 53.6. The Morgan fingerprint density at radius 2 is 1.03 bits per heavy atom. The van der Waals surface area contributed by atoms with Crippen molar-refractivity contribution < 1.29 is 0 Å². The standard InChI is InChI=1S/C23H27N7O.C22H25N7O/c1-15-13-30-21(16(2)24-15)11-20(26-30)19-12-23(31)29-14-18(5-6-22(29)25-19)28-9-7-17(8-10-28)27(3)4;1-4-26-7-9-27(10-8-26)17-5-6-21-24-18(12-22(30)28(21)14-17)19-11-20-16(3)23-15(2)13-29(20)25-19/h5-6,11-14,17H,7-10H2,1-4H3;5-6,11-14H,4,7-10H2,1-3H3. The first-order valence-electron chi connectivity index (χ1n) is 21.0. The van der Waals surface area contributed by atoms with Crippen molar-refractivity contribution in [2.75, 3.05) is 69.7 Å². The van der Waals surface area contributed by atoms with Crippen molar-refractivity contribution in [3.63, 3.8) is 0 Å². The lowest BCUT2D eigenvalue weighted by atomic mass is 10.0. The molecule has 0 aromatic carbocycles. The number of nitrogens with zero attached hydrogens (tertiary/aromatic N) is 14. The SMILES string of the molecule is CCN1CCN(c2ccc3nc(-c4cc5c(C)nc(C)cn5n4)cc(=O)n3c2)CC1.Cc1cn2nc(-c3cc(=O)n4cc(N5CCC(N(C)C)CC5)ccc4n3)cc2c(C)n1. The highest BCUT2D eigenvalue weighted by molar-refractivity contribution is 5.68. The van der Waals surface area contributed by atoms with E-state index < -0.39 is 0 Å². The molecule has 2 fully saturated rings. The Bertz CT molecular complexity index is 3040. The monoisotopic (exact) mass is 820 g/mol. The van der Waals surface area contributed by atoms with Crippen molar-refractivity contribution in [1.82, 2.24) is 57.8 Å². The van der Waals surface area contributed by atoms with Gasteiger partial charge in [0.2, 0.25) is 0 Å². The first-order chi connectivity index (χ1) is 29.4. The van der Waals surface area contributed by atoms with Gasteiger partial charge in [-0.15, -0.1) is 0 Å². The summed E-state index contributed by atoms with van der Waals surface area (Å²) in [6.45, 7) is 17.1. The second-order valence-corrected chi connectivity index (χ2v) is 16.4. The van der Waals surface area contributed by atoms with Crippen molar-refractivity contribution in [3.05, 3.63) is 117 Å². The molecule has 0 atom stereocenters. The van der Waals surface area contributed by atoms with Crippen LogP contribution in [0.15, 0.2) is 82.9 Å². The van der Waals surface area contributed by atoms with Gasteiger partial charge < -0.3 is 19.6 Å². The van der Waals surface area contributed by atoms with E-state index in [9.17, 15) is 9.59 Å². The van der Waals surface area contributed by atoms with Crippen molar-refractivity contribution in [1.29, 1.82) is 0 Å². The average molecular weight is 821 g/mol. The number of fused-ring (bicyclic) bond motifs is 4. The second-order valence-electron chi connectivity index (χ2n) is 16.4. The van der Waals surface area contributed by atoms with E-state index in [4.69, 9.17) is 9.97 Å². The summed E-state index contributed by atoms with van der Waals surface area (Å²) in [7, 11) is 4.28. The molecule has 10 heterocycles. The summed E-state index contributed by atoms with van der Waals surface area (Å²) in [6.07, 6.45) is 9.82. The summed E-state index contributed by atoms with van der Waals surface area (Å²) < 4.78 is 6.86. The Morgan fingerprint density at radius 1 is 0.574 bits per heavy atom. The summed E-state index contributed by atoms with van der Waals surface area (Å²) >= 11 is 0. The molecule has 8 aromatic heterocycles. The van der Waals surface area contributed by atoms with Gasteiger partial charge in [0.05, 0.1) is 69.0 Å². The Labute approximate surface area is 353 Å². The molecule has 2 aliphatic rings. The lowest BCUT2D eigenvalue weighted by Gasteiger charge is -2.36. The van der Waals surface area contributed by atoms with Gasteiger partial charge in [-0.05, 0) is 97.6 Å². The molecular formula is C45H52N14O2. The fourth-order valence-corrected chi connectivity index (χ4v) is 8.61. The summed E-state index contributed by atoms with van der Waals surface area (Å²) in [5.74, 6) is 0. The minimum atomic E-state index is -0.105. The summed E-state index contributed by atoms with van der Waals surface area (Å²) in [5, 5.41) is 9.23. The lowest BCUT2D eigenvalue weighted by molar-refractivity contribution is 0.249. The highest BCUT2D eigenvalue weighted by atomic mass is 16.1. The number of anilines is 2. The summed E-state index contributed by atoms with van der Waals surface area (Å²) in [5.41, 5.74) is 11.1. The van der Waals surface area contributed by atoms with Gasteiger partial charge in [0.25, 0.3) is 11.1 Å². The fraction of sp³-hybridized carbons (Fsp3) is 0.378. The van der Waals surface area contributed by atoms with Crippen LogP contribution >= 0.6 is 0 Å². The van der Waals surface area contributed by atoms with E-state index >= 15 is 0 Å². The number of hydrogen-bond donors (Lipinski definition) is 0. The quantitative estimate of drug-likeness (QED) is 0.229. The average Bonchev–Trinajstić information content (AvgIpc) is 3.89. The Morgan fingerprint density at radius 3 is 1.48 bits per heavy atom. The molecule has 0 spiro atoms. The van der Waals surface area contributed by atoms with Crippen LogP contribution in [-0.2, 0) is 0 Å². The van der Waals surface area contributed by atoms with Crippen LogP contribution in [0.3, 0.4) is 0 Å². The van der Waals surface area contributed by atoms with Gasteiger partial charge in [-0.1, -0.05) is 6.92 Å². The van der Waals surface area contributed by atoms with Gasteiger partial charge in [-0.25, -0.2) is 19.0 Å². The van der Waals surface area contributed by atoms with Crippen LogP contribution in [0, 0.1) is 27.7 Å². The number of piperidine rings is 1. The van der Waals surface area contributed by atoms with Gasteiger partial charge in [0, 0.05) is 69.8 Å². The van der Waals surface area contributed by atoms with Gasteiger partial charge in [0.15, 0.2) is 0 Å². The van der Waals surface area contributed by atoms with Crippen LogP contribution in [0.1, 0.15) is 42.5 Å². The molecule has 8 aromatic rings. The van der Waals surface area contributed by atoms with E-state index in [2.05, 4.69) is 66.9 Å². The molecule has 0 amide bonds. The van der Waals surface area contributed by atoms with Crippen LogP contribution in [0.25, 0.3) is 45.1 Å². The molecule has 2 aliphatic heterocycles. The molecule has 0 bridgehead atoms. The second kappa shape index (κ2) is 16.2. The first kappa shape index (κ1) is 39.9. The molecule has 61 heavy (non-hydrogen) atoms. The van der Waals surface area contributed by atoms with Crippen LogP contribution in [-0.4, -0.2) is 124 Å². The van der Waals surface area contributed by atoms with Crippen LogP contribution in [0.5, 0.6) is 0 Å². The molecule has 0 radical (unpaired) electrons. The molecule has 0 unspecified atom stereocenters. The van der Waals surface area contributed by atoms with Crippen LogP contribution in [0.2, 0.25) is 0 Å². The van der Waals surface area contributed by atoms with E-state index in [0.29, 0.717) is 40.1 Å². The zero-order valence-electron chi connectivity index (χ0n) is 35.9. The van der Waals surface area contributed by atoms with Crippen molar-refractivity contribution >= 4 is 33.7 Å². The van der Waals surface area contributed by atoms with Crippen molar-refractivity contribution in [2.45, 2.75) is 53.5 Å². The zero-order valence-corrected chi connectivity index (χ0v) is 35.9. The Balaban J connectivity index is 0.000000156. The van der Waals surface area contributed by atoms with Gasteiger partial charge >= 0.3 is 0 Å². The van der Waals surface area contributed by atoms with E-state index in [-0.39, 0.29) is 11.1 Å². The molecule has 10 rings (SSSR count). The molecule has 16 nitrogen and oxygen atoms in total. The predicted octanol–water partition coefficient (Wildman–Crippen LogP) is 4.71. The number of rotatable bonds is 6. The smallest absolute Gasteiger partial charge is 0.258 e. The third kappa shape index (κ3) is 7.95. The molecular weight excluding hydrogens is 769 g/mol. The molecule has 0 aliphatic carbocycles. The minimum absolute atomic E-state index is 0.104. The van der Waals surface area contributed by atoms with E-state index in [1.165, 1.54) is 0 Å². The number of aromatic nitrogens is 10. The maximum atomic E-state index is 12.9. The lowest BCUT2D eigenvalue weighted by Crippen LogP contribution is -2.46. The van der Waals surface area contributed by atoms with Gasteiger partial charge in [0.1, 0.15) is 22.7 Å². The Kier molecular flexibility index (Phi) is 10.6. The number of piperazine rings is 1. The normalized spacial score (nSPS) is 15.4. The zero-order chi connectivity index (χ0) is 42.5. The maximum absolute atomic E-state index is 12.9. The van der Waals surface area contributed by atoms with Crippen molar-refractivity contribution in [3.8, 4) is 22.8 Å². The van der Waals surface area contributed by atoms with Crippen LogP contribution < -0.4 is 20.9 Å². The third-order valence-corrected chi connectivity index (χ3v) is 12.1.